The number of fused-ring (bicyclic) bond motifs is 1. The van der Waals surface area contributed by atoms with Gasteiger partial charge in [0, 0.05) is 26.6 Å². The molecule has 1 atom stereocenters. The molecular weight excluding hydrogens is 274 g/mol. The van der Waals surface area contributed by atoms with Crippen LogP contribution in [-0.4, -0.2) is 37.3 Å². The first-order valence-electron chi connectivity index (χ1n) is 6.88. The van der Waals surface area contributed by atoms with E-state index in [1.165, 1.54) is 0 Å². The molecule has 1 aromatic carbocycles. The molecule has 0 radical (unpaired) electrons. The zero-order valence-electron chi connectivity index (χ0n) is 11.9. The van der Waals surface area contributed by atoms with Gasteiger partial charge in [0.2, 0.25) is 5.91 Å². The van der Waals surface area contributed by atoms with Crippen LogP contribution in [0.3, 0.4) is 0 Å². The molecule has 1 heterocycles. The van der Waals surface area contributed by atoms with E-state index in [0.29, 0.717) is 25.2 Å². The summed E-state index contributed by atoms with van der Waals surface area (Å²) < 4.78 is 10.3. The van der Waals surface area contributed by atoms with Gasteiger partial charge in [-0.3, -0.25) is 4.79 Å². The Labute approximate surface area is 123 Å². The maximum Gasteiger partial charge on any atom is 0.330 e. The highest BCUT2D eigenvalue weighted by atomic mass is 16.5. The Kier molecular flexibility index (Phi) is 5.16. The number of aliphatic carboxylic acids is 1. The summed E-state index contributed by atoms with van der Waals surface area (Å²) in [6.07, 6.45) is 1.57. The Morgan fingerprint density at radius 2 is 2.29 bits per heavy atom. The number of hydrogen-bond acceptors (Lipinski definition) is 4. The molecule has 114 valence electrons. The number of methoxy groups -OCH3 is 1. The first-order valence-corrected chi connectivity index (χ1v) is 6.88. The van der Waals surface area contributed by atoms with Crippen LogP contribution in [0.5, 0.6) is 5.75 Å². The number of benzene rings is 1. The van der Waals surface area contributed by atoms with Crippen LogP contribution >= 0.6 is 0 Å². The molecule has 0 fully saturated rings. The second-order valence-electron chi connectivity index (χ2n) is 4.90. The van der Waals surface area contributed by atoms with Gasteiger partial charge in [0.1, 0.15) is 5.75 Å². The number of nitrogens with one attached hydrogen (secondary N) is 1. The summed E-state index contributed by atoms with van der Waals surface area (Å²) >= 11 is 0. The zero-order chi connectivity index (χ0) is 15.2. The minimum Gasteiger partial charge on any atom is -0.493 e. The molecule has 6 nitrogen and oxygen atoms in total. The molecule has 1 unspecified atom stereocenters. The van der Waals surface area contributed by atoms with E-state index in [-0.39, 0.29) is 12.3 Å². The smallest absolute Gasteiger partial charge is 0.330 e. The predicted molar refractivity (Wildman–Crippen MR) is 75.3 cm³/mol. The van der Waals surface area contributed by atoms with Crippen LogP contribution in [0.4, 0.5) is 0 Å². The molecule has 1 aromatic rings. The summed E-state index contributed by atoms with van der Waals surface area (Å²) in [5.74, 6) is -0.584. The van der Waals surface area contributed by atoms with Crippen molar-refractivity contribution < 1.29 is 24.2 Å². The summed E-state index contributed by atoms with van der Waals surface area (Å²) in [5.41, 5.74) is 1.54. The molecule has 1 aliphatic heterocycles. The van der Waals surface area contributed by atoms with Crippen molar-refractivity contribution in [3.8, 4) is 5.75 Å². The molecule has 0 saturated heterocycles. The van der Waals surface area contributed by atoms with Gasteiger partial charge < -0.3 is 19.9 Å². The third-order valence-corrected chi connectivity index (χ3v) is 3.35. The van der Waals surface area contributed by atoms with Crippen molar-refractivity contribution in [3.05, 3.63) is 29.3 Å². The Morgan fingerprint density at radius 3 is 3.00 bits per heavy atom. The van der Waals surface area contributed by atoms with Gasteiger partial charge in [-0.25, -0.2) is 4.79 Å². The molecule has 0 aliphatic carbocycles. The predicted octanol–water partition coefficient (Wildman–Crippen LogP) is 1.29. The summed E-state index contributed by atoms with van der Waals surface area (Å²) in [7, 11) is 1.56. The SMILES string of the molecule is COCCCC(=O)NC(C(=O)O)c1ccc2c(c1)CCO2. The van der Waals surface area contributed by atoms with Crippen LogP contribution in [0, 0.1) is 0 Å². The highest BCUT2D eigenvalue weighted by molar-refractivity contribution is 5.84. The molecule has 0 aromatic heterocycles. The molecule has 1 aliphatic rings. The second-order valence-corrected chi connectivity index (χ2v) is 4.90. The third-order valence-electron chi connectivity index (χ3n) is 3.35. The molecule has 21 heavy (non-hydrogen) atoms. The lowest BCUT2D eigenvalue weighted by atomic mass is 10.0. The van der Waals surface area contributed by atoms with Crippen LogP contribution < -0.4 is 10.1 Å². The van der Waals surface area contributed by atoms with E-state index in [1.807, 2.05) is 0 Å². The van der Waals surface area contributed by atoms with Crippen molar-refractivity contribution in [2.24, 2.45) is 0 Å². The molecule has 2 rings (SSSR count). The Morgan fingerprint density at radius 1 is 1.48 bits per heavy atom. The minimum atomic E-state index is -1.08. The van der Waals surface area contributed by atoms with Crippen LogP contribution in [0.1, 0.15) is 30.0 Å². The van der Waals surface area contributed by atoms with Crippen LogP contribution in [0.25, 0.3) is 0 Å². The van der Waals surface area contributed by atoms with Crippen LogP contribution in [-0.2, 0) is 20.7 Å². The summed E-state index contributed by atoms with van der Waals surface area (Å²) in [5, 5.41) is 11.9. The molecule has 0 saturated carbocycles. The van der Waals surface area contributed by atoms with E-state index in [1.54, 1.807) is 25.3 Å². The number of carboxylic acids is 1. The summed E-state index contributed by atoms with van der Waals surface area (Å²) in [6.45, 7) is 1.08. The monoisotopic (exact) mass is 293 g/mol. The van der Waals surface area contributed by atoms with Crippen molar-refractivity contribution >= 4 is 11.9 Å². The van der Waals surface area contributed by atoms with Crippen molar-refractivity contribution in [1.82, 2.24) is 5.32 Å². The fourth-order valence-electron chi connectivity index (χ4n) is 2.28. The zero-order valence-corrected chi connectivity index (χ0v) is 11.9. The maximum absolute atomic E-state index is 11.8. The number of carbonyl (C=O) groups is 2. The van der Waals surface area contributed by atoms with E-state index in [2.05, 4.69) is 5.32 Å². The first-order chi connectivity index (χ1) is 10.1. The van der Waals surface area contributed by atoms with Gasteiger partial charge in [0.05, 0.1) is 6.61 Å². The second kappa shape index (κ2) is 7.08. The Balaban J connectivity index is 2.05. The van der Waals surface area contributed by atoms with E-state index >= 15 is 0 Å². The molecular formula is C15H19NO5. The topological polar surface area (TPSA) is 84.9 Å². The Hall–Kier alpha value is -2.08. The van der Waals surface area contributed by atoms with Crippen molar-refractivity contribution in [3.63, 3.8) is 0 Å². The van der Waals surface area contributed by atoms with Gasteiger partial charge in [0.25, 0.3) is 0 Å². The standard InChI is InChI=1S/C15H19NO5/c1-20-7-2-3-13(17)16-14(15(18)19)11-4-5-12-10(9-11)6-8-21-12/h4-5,9,14H,2-3,6-8H2,1H3,(H,16,17)(H,18,19). The number of rotatable bonds is 7. The number of amides is 1. The quantitative estimate of drug-likeness (QED) is 0.740. The van der Waals surface area contributed by atoms with Gasteiger partial charge in [0.15, 0.2) is 6.04 Å². The van der Waals surface area contributed by atoms with Gasteiger partial charge in [-0.15, -0.1) is 0 Å². The minimum absolute atomic E-state index is 0.242. The van der Waals surface area contributed by atoms with E-state index < -0.39 is 12.0 Å². The van der Waals surface area contributed by atoms with Crippen molar-refractivity contribution in [1.29, 1.82) is 0 Å². The molecule has 0 spiro atoms. The molecule has 6 heteroatoms. The van der Waals surface area contributed by atoms with Gasteiger partial charge in [-0.05, 0) is 29.7 Å². The number of hydrogen-bond donors (Lipinski definition) is 2. The lowest BCUT2D eigenvalue weighted by Crippen LogP contribution is -2.33. The van der Waals surface area contributed by atoms with Crippen LogP contribution in [0.15, 0.2) is 18.2 Å². The van der Waals surface area contributed by atoms with E-state index in [9.17, 15) is 14.7 Å². The lowest BCUT2D eigenvalue weighted by molar-refractivity contribution is -0.142. The number of carbonyl (C=O) groups excluding carboxylic acids is 1. The average Bonchev–Trinajstić information content (AvgIpc) is 2.92. The van der Waals surface area contributed by atoms with E-state index in [0.717, 1.165) is 17.7 Å². The fourth-order valence-corrected chi connectivity index (χ4v) is 2.28. The summed E-state index contributed by atoms with van der Waals surface area (Å²) in [6, 6.07) is 4.19. The van der Waals surface area contributed by atoms with Crippen LogP contribution in [0.2, 0.25) is 0 Å². The van der Waals surface area contributed by atoms with Crippen molar-refractivity contribution in [2.45, 2.75) is 25.3 Å². The highest BCUT2D eigenvalue weighted by Crippen LogP contribution is 2.28. The molecule has 1 amide bonds. The highest BCUT2D eigenvalue weighted by Gasteiger charge is 2.24. The van der Waals surface area contributed by atoms with Gasteiger partial charge in [-0.2, -0.15) is 0 Å². The summed E-state index contributed by atoms with van der Waals surface area (Å²) in [4.78, 5) is 23.2. The van der Waals surface area contributed by atoms with Crippen molar-refractivity contribution in [2.75, 3.05) is 20.3 Å². The maximum atomic E-state index is 11.8. The first kappa shape index (κ1) is 15.3. The molecule has 2 N–H and O–H groups in total. The van der Waals surface area contributed by atoms with Gasteiger partial charge >= 0.3 is 5.97 Å². The Bertz CT molecular complexity index is 529. The average molecular weight is 293 g/mol. The largest absolute Gasteiger partial charge is 0.493 e. The van der Waals surface area contributed by atoms with Gasteiger partial charge in [-0.1, -0.05) is 6.07 Å². The van der Waals surface area contributed by atoms with E-state index in [4.69, 9.17) is 9.47 Å². The normalized spacial score (nSPS) is 14.1. The number of carboxylic acid groups (broad SMARTS) is 1. The third kappa shape index (κ3) is 3.95. The fraction of sp³-hybridized carbons (Fsp3) is 0.467. The lowest BCUT2D eigenvalue weighted by Gasteiger charge is -2.15. The molecule has 0 bridgehead atoms. The number of ether oxygens (including phenoxy) is 2.